The molecule has 4 heteroatoms. The molecular weight excluding hydrogens is 372 g/mol. The molecule has 0 spiro atoms. The molecule has 4 fully saturated rings. The quantitative estimate of drug-likeness (QED) is 0.679. The van der Waals surface area contributed by atoms with Crippen molar-refractivity contribution >= 4 is 17.4 Å². The smallest absolute Gasteiger partial charge is 0.294 e. The summed E-state index contributed by atoms with van der Waals surface area (Å²) in [6, 6.07) is 10.2. The second-order valence-corrected chi connectivity index (χ2v) is 10.7. The number of ketones is 1. The van der Waals surface area contributed by atoms with E-state index in [4.69, 9.17) is 0 Å². The number of benzene rings is 1. The number of hydrogen-bond donors (Lipinski definition) is 0. The van der Waals surface area contributed by atoms with Crippen LogP contribution in [0.3, 0.4) is 0 Å². The third-order valence-corrected chi connectivity index (χ3v) is 8.95. The molecule has 3 aliphatic heterocycles. The van der Waals surface area contributed by atoms with Crippen LogP contribution in [0.2, 0.25) is 0 Å². The molecule has 160 valence electrons. The minimum Gasteiger partial charge on any atom is -0.302 e. The van der Waals surface area contributed by atoms with Gasteiger partial charge in [0.1, 0.15) is 0 Å². The van der Waals surface area contributed by atoms with Gasteiger partial charge in [-0.05, 0) is 68.4 Å². The maximum absolute atomic E-state index is 13.0. The first-order valence-corrected chi connectivity index (χ1v) is 12.4. The van der Waals surface area contributed by atoms with E-state index in [1.54, 1.807) is 0 Å². The Hall–Kier alpha value is -1.68. The summed E-state index contributed by atoms with van der Waals surface area (Å²) >= 11 is 0. The molecule has 30 heavy (non-hydrogen) atoms. The highest BCUT2D eigenvalue weighted by Gasteiger charge is 2.47. The normalized spacial score (nSPS) is 39.0. The summed E-state index contributed by atoms with van der Waals surface area (Å²) in [4.78, 5) is 30.3. The fraction of sp³-hybridized carbons (Fsp3) is 0.692. The van der Waals surface area contributed by atoms with Crippen LogP contribution in [-0.4, -0.2) is 40.8 Å². The molecule has 2 saturated carbocycles. The van der Waals surface area contributed by atoms with Gasteiger partial charge in [-0.15, -0.1) is 0 Å². The number of rotatable bonds is 2. The minimum absolute atomic E-state index is 0.178. The van der Waals surface area contributed by atoms with Gasteiger partial charge < -0.3 is 4.90 Å². The average molecular weight is 407 g/mol. The Labute approximate surface area is 180 Å². The SMILES string of the molecule is O=C1Cc2ccccc2N(C2C[C@H]3CCC[C@@H](C2)N3C2C[C@H]3CCC[C@@H](C2)C3)C1=O. The van der Waals surface area contributed by atoms with Gasteiger partial charge in [0.25, 0.3) is 5.91 Å². The molecule has 6 atom stereocenters. The monoisotopic (exact) mass is 406 g/mol. The molecular formula is C26H34N2O2. The molecule has 0 N–H and O–H groups in total. The third kappa shape index (κ3) is 3.14. The molecule has 4 nitrogen and oxygen atoms in total. The molecule has 0 radical (unpaired) electrons. The lowest BCUT2D eigenvalue weighted by Crippen LogP contribution is -2.62. The number of carbonyl (C=O) groups is 2. The van der Waals surface area contributed by atoms with Gasteiger partial charge in [-0.3, -0.25) is 14.5 Å². The molecule has 5 aliphatic rings. The summed E-state index contributed by atoms with van der Waals surface area (Å²) in [5, 5.41) is 0. The number of amides is 1. The standard InChI is InChI=1S/C26H34N2O2/c29-25-14-19-7-1-2-10-24(19)28(26(25)30)23-15-20-8-4-9-21(16-23)27(20)22-12-17-5-3-6-18(11-17)13-22/h1-2,7,10,17-18,20-23H,3-6,8-9,11-16H2/t17-,18+,20-,21+,22?,23?. The number of fused-ring (bicyclic) bond motifs is 5. The van der Waals surface area contributed by atoms with Crippen LogP contribution in [0.25, 0.3) is 0 Å². The fourth-order valence-corrected chi connectivity index (χ4v) is 7.89. The Morgan fingerprint density at radius 3 is 2.10 bits per heavy atom. The number of piperidine rings is 2. The Bertz CT molecular complexity index is 825. The summed E-state index contributed by atoms with van der Waals surface area (Å²) < 4.78 is 0. The molecule has 4 bridgehead atoms. The lowest BCUT2D eigenvalue weighted by atomic mass is 9.68. The van der Waals surface area contributed by atoms with Crippen molar-refractivity contribution in [3.63, 3.8) is 0 Å². The van der Waals surface area contributed by atoms with Gasteiger partial charge in [-0.2, -0.15) is 0 Å². The highest BCUT2D eigenvalue weighted by Crippen LogP contribution is 2.47. The lowest BCUT2D eigenvalue weighted by molar-refractivity contribution is -0.137. The zero-order chi connectivity index (χ0) is 20.2. The van der Waals surface area contributed by atoms with Crippen molar-refractivity contribution in [2.75, 3.05) is 4.90 Å². The predicted molar refractivity (Wildman–Crippen MR) is 117 cm³/mol. The highest BCUT2D eigenvalue weighted by atomic mass is 16.2. The Morgan fingerprint density at radius 1 is 0.700 bits per heavy atom. The summed E-state index contributed by atoms with van der Waals surface area (Å²) in [7, 11) is 0. The van der Waals surface area contributed by atoms with Crippen LogP contribution in [0.4, 0.5) is 5.69 Å². The molecule has 2 unspecified atom stereocenters. The molecule has 2 aliphatic carbocycles. The van der Waals surface area contributed by atoms with E-state index in [2.05, 4.69) is 4.90 Å². The first kappa shape index (κ1) is 19.0. The molecule has 1 aromatic rings. The molecule has 0 aromatic heterocycles. The maximum Gasteiger partial charge on any atom is 0.294 e. The number of para-hydroxylation sites is 1. The molecule has 1 aromatic carbocycles. The van der Waals surface area contributed by atoms with Gasteiger partial charge >= 0.3 is 0 Å². The first-order chi connectivity index (χ1) is 14.7. The number of nitrogens with zero attached hydrogens (tertiary/aromatic N) is 2. The first-order valence-electron chi connectivity index (χ1n) is 12.4. The third-order valence-electron chi connectivity index (χ3n) is 8.95. The largest absolute Gasteiger partial charge is 0.302 e. The summed E-state index contributed by atoms with van der Waals surface area (Å²) in [5.41, 5.74) is 2.01. The van der Waals surface area contributed by atoms with Gasteiger partial charge in [-0.25, -0.2) is 0 Å². The van der Waals surface area contributed by atoms with E-state index in [9.17, 15) is 9.59 Å². The number of anilines is 1. The molecule has 2 saturated heterocycles. The van der Waals surface area contributed by atoms with Gasteiger partial charge in [0.05, 0.1) is 0 Å². The van der Waals surface area contributed by atoms with E-state index in [0.717, 1.165) is 42.0 Å². The van der Waals surface area contributed by atoms with Gasteiger partial charge in [-0.1, -0.05) is 43.9 Å². The Balaban J connectivity index is 1.26. The summed E-state index contributed by atoms with van der Waals surface area (Å²) in [6.45, 7) is 0. The number of carbonyl (C=O) groups excluding carboxylic acids is 2. The molecule has 3 heterocycles. The van der Waals surface area contributed by atoms with Crippen molar-refractivity contribution in [2.45, 2.75) is 101 Å². The average Bonchev–Trinajstić information content (AvgIpc) is 2.73. The predicted octanol–water partition coefficient (Wildman–Crippen LogP) is 4.50. The topological polar surface area (TPSA) is 40.6 Å². The van der Waals surface area contributed by atoms with Crippen molar-refractivity contribution in [2.24, 2.45) is 11.8 Å². The maximum atomic E-state index is 13.0. The van der Waals surface area contributed by atoms with Crippen LogP contribution in [0.5, 0.6) is 0 Å². The molecule has 6 rings (SSSR count). The van der Waals surface area contributed by atoms with Crippen LogP contribution in [-0.2, 0) is 16.0 Å². The van der Waals surface area contributed by atoms with E-state index in [1.165, 1.54) is 57.8 Å². The van der Waals surface area contributed by atoms with Crippen LogP contribution < -0.4 is 4.90 Å². The fourth-order valence-electron chi connectivity index (χ4n) is 7.89. The van der Waals surface area contributed by atoms with Crippen LogP contribution in [0.15, 0.2) is 24.3 Å². The second kappa shape index (κ2) is 7.47. The summed E-state index contributed by atoms with van der Waals surface area (Å²) in [5.74, 6) is 1.40. The Morgan fingerprint density at radius 2 is 1.37 bits per heavy atom. The van der Waals surface area contributed by atoms with E-state index >= 15 is 0 Å². The van der Waals surface area contributed by atoms with Crippen LogP contribution in [0.1, 0.15) is 76.2 Å². The van der Waals surface area contributed by atoms with Crippen molar-refractivity contribution in [3.8, 4) is 0 Å². The lowest BCUT2D eigenvalue weighted by Gasteiger charge is -2.56. The van der Waals surface area contributed by atoms with E-state index in [0.29, 0.717) is 12.1 Å². The van der Waals surface area contributed by atoms with Crippen molar-refractivity contribution in [3.05, 3.63) is 29.8 Å². The van der Waals surface area contributed by atoms with Crippen LogP contribution in [0, 0.1) is 11.8 Å². The van der Waals surface area contributed by atoms with E-state index < -0.39 is 0 Å². The number of hydrogen-bond acceptors (Lipinski definition) is 3. The van der Waals surface area contributed by atoms with Gasteiger partial charge in [0.15, 0.2) is 0 Å². The highest BCUT2D eigenvalue weighted by molar-refractivity contribution is 6.43. The molecule has 1 amide bonds. The zero-order valence-corrected chi connectivity index (χ0v) is 18.0. The summed E-state index contributed by atoms with van der Waals surface area (Å²) in [6.07, 6.45) is 14.8. The van der Waals surface area contributed by atoms with Crippen LogP contribution >= 0.6 is 0 Å². The zero-order valence-electron chi connectivity index (χ0n) is 18.0. The minimum atomic E-state index is -0.266. The van der Waals surface area contributed by atoms with Gasteiger partial charge in [0, 0.05) is 36.3 Å². The van der Waals surface area contributed by atoms with Crippen molar-refractivity contribution in [1.29, 1.82) is 0 Å². The van der Waals surface area contributed by atoms with E-state index in [1.807, 2.05) is 29.2 Å². The van der Waals surface area contributed by atoms with Crippen molar-refractivity contribution < 1.29 is 9.59 Å². The van der Waals surface area contributed by atoms with E-state index in [-0.39, 0.29) is 24.2 Å². The van der Waals surface area contributed by atoms with Gasteiger partial charge in [0.2, 0.25) is 5.78 Å². The Kier molecular flexibility index (Phi) is 4.74. The van der Waals surface area contributed by atoms with Crippen molar-refractivity contribution in [1.82, 2.24) is 4.90 Å². The second-order valence-electron chi connectivity index (χ2n) is 10.7. The number of Topliss-reactive ketones (excluding diaryl/α,β-unsaturated/α-hetero) is 1.